The van der Waals surface area contributed by atoms with E-state index in [1.54, 1.807) is 18.5 Å². The highest BCUT2D eigenvalue weighted by Crippen LogP contribution is 2.31. The second-order valence-corrected chi connectivity index (χ2v) is 9.09. The summed E-state index contributed by atoms with van der Waals surface area (Å²) >= 11 is 0. The maximum atomic E-state index is 9.07. The predicted octanol–water partition coefficient (Wildman–Crippen LogP) is 3.73. The van der Waals surface area contributed by atoms with Crippen LogP contribution in [0.15, 0.2) is 36.8 Å². The number of rotatable bonds is 6. The third-order valence-electron chi connectivity index (χ3n) is 6.11. The third-order valence-corrected chi connectivity index (χ3v) is 6.11. The smallest absolute Gasteiger partial charge is 0.223 e. The second-order valence-electron chi connectivity index (χ2n) is 9.09. The summed E-state index contributed by atoms with van der Waals surface area (Å²) in [5.41, 5.74) is 3.12. The van der Waals surface area contributed by atoms with Crippen LogP contribution in [0.2, 0.25) is 0 Å². The zero-order chi connectivity index (χ0) is 25.2. The lowest BCUT2D eigenvalue weighted by Crippen LogP contribution is -2.45. The summed E-state index contributed by atoms with van der Waals surface area (Å²) < 4.78 is 13.7. The number of morpholine rings is 1. The fourth-order valence-electron chi connectivity index (χ4n) is 4.03. The molecule has 1 fully saturated rings. The van der Waals surface area contributed by atoms with Gasteiger partial charge in [0.15, 0.2) is 23.0 Å². The number of hydrogen-bond donors (Lipinski definition) is 1. The number of nitrogens with one attached hydrogen (secondary N) is 1. The van der Waals surface area contributed by atoms with E-state index in [1.807, 2.05) is 36.7 Å². The van der Waals surface area contributed by atoms with Crippen LogP contribution in [0.5, 0.6) is 11.6 Å². The van der Waals surface area contributed by atoms with E-state index in [2.05, 4.69) is 49.2 Å². The second kappa shape index (κ2) is 9.75. The Morgan fingerprint density at radius 2 is 2.08 bits per heavy atom. The van der Waals surface area contributed by atoms with Crippen LogP contribution in [-0.4, -0.2) is 55.5 Å². The van der Waals surface area contributed by atoms with Crippen LogP contribution in [0.3, 0.4) is 0 Å². The van der Waals surface area contributed by atoms with E-state index < -0.39 is 0 Å². The number of nitriles is 1. The van der Waals surface area contributed by atoms with Crippen molar-refractivity contribution in [2.24, 2.45) is 13.0 Å². The Bertz CT molecular complexity index is 1430. The van der Waals surface area contributed by atoms with Crippen molar-refractivity contribution in [2.45, 2.75) is 26.9 Å². The van der Waals surface area contributed by atoms with Gasteiger partial charge in [-0.05, 0) is 36.6 Å². The van der Waals surface area contributed by atoms with Crippen LogP contribution in [0.1, 0.15) is 25.1 Å². The molecule has 4 aromatic heterocycles. The Balaban J connectivity index is 1.39. The Morgan fingerprint density at radius 1 is 1.22 bits per heavy atom. The number of imidazole rings is 1. The molecule has 0 aromatic carbocycles. The molecule has 11 heteroatoms. The average molecular weight is 486 g/mol. The van der Waals surface area contributed by atoms with E-state index in [9.17, 15) is 0 Å². The molecule has 1 N–H and O–H groups in total. The number of aryl methyl sites for hydroxylation is 2. The largest absolute Gasteiger partial charge is 0.437 e. The van der Waals surface area contributed by atoms with E-state index in [0.29, 0.717) is 52.5 Å². The molecule has 0 radical (unpaired) electrons. The number of aromatic nitrogens is 6. The minimum absolute atomic E-state index is 0.181. The van der Waals surface area contributed by atoms with E-state index in [-0.39, 0.29) is 6.10 Å². The molecule has 0 bridgehead atoms. The molecule has 5 rings (SSSR count). The Kier molecular flexibility index (Phi) is 6.35. The summed E-state index contributed by atoms with van der Waals surface area (Å²) in [5.74, 6) is 2.71. The molecule has 5 heterocycles. The fraction of sp³-hybridized carbons (Fsp3) is 0.360. The van der Waals surface area contributed by atoms with Crippen molar-refractivity contribution in [3.8, 4) is 17.7 Å². The minimum atomic E-state index is 0.181. The number of pyridine rings is 2. The lowest BCUT2D eigenvalue weighted by molar-refractivity contribution is 0.0111. The van der Waals surface area contributed by atoms with Gasteiger partial charge in [0, 0.05) is 26.2 Å². The molecule has 184 valence electrons. The molecular formula is C25H27N9O2. The first kappa shape index (κ1) is 23.4. The SMILES string of the molecule is Cc1cc(C#N)ncc1Oc1cc(Nc2ccc(N3CCOC(C(C)C)C3)nn2)c2ncn(C)c2n1. The summed E-state index contributed by atoms with van der Waals surface area (Å²) in [6.45, 7) is 8.44. The molecule has 1 atom stereocenters. The van der Waals surface area contributed by atoms with E-state index in [0.717, 1.165) is 24.5 Å². The summed E-state index contributed by atoms with van der Waals surface area (Å²) in [5, 5.41) is 21.2. The Morgan fingerprint density at radius 3 is 2.81 bits per heavy atom. The highest BCUT2D eigenvalue weighted by atomic mass is 16.5. The molecule has 1 aliphatic heterocycles. The lowest BCUT2D eigenvalue weighted by atomic mass is 10.1. The van der Waals surface area contributed by atoms with Crippen molar-refractivity contribution >= 4 is 28.5 Å². The summed E-state index contributed by atoms with van der Waals surface area (Å²) in [7, 11) is 1.87. The summed E-state index contributed by atoms with van der Waals surface area (Å²) in [4.78, 5) is 15.4. The van der Waals surface area contributed by atoms with Crippen molar-refractivity contribution in [3.63, 3.8) is 0 Å². The monoisotopic (exact) mass is 485 g/mol. The van der Waals surface area contributed by atoms with Gasteiger partial charge in [-0.2, -0.15) is 10.2 Å². The molecule has 1 aliphatic rings. The third kappa shape index (κ3) is 4.76. The summed E-state index contributed by atoms with van der Waals surface area (Å²) in [6, 6.07) is 9.32. The van der Waals surface area contributed by atoms with Gasteiger partial charge < -0.3 is 24.3 Å². The number of hydrogen-bond acceptors (Lipinski definition) is 10. The van der Waals surface area contributed by atoms with Crippen molar-refractivity contribution in [3.05, 3.63) is 48.0 Å². The number of fused-ring (bicyclic) bond motifs is 1. The lowest BCUT2D eigenvalue weighted by Gasteiger charge is -2.35. The van der Waals surface area contributed by atoms with E-state index in [4.69, 9.17) is 14.7 Å². The quantitative estimate of drug-likeness (QED) is 0.431. The van der Waals surface area contributed by atoms with Crippen LogP contribution in [0.4, 0.5) is 17.3 Å². The van der Waals surface area contributed by atoms with Gasteiger partial charge in [-0.1, -0.05) is 13.8 Å². The normalized spacial score (nSPS) is 15.8. The highest BCUT2D eigenvalue weighted by Gasteiger charge is 2.24. The highest BCUT2D eigenvalue weighted by molar-refractivity contribution is 5.88. The standard InChI is InChI=1S/C25H27N9O2/c1-15(2)20-13-34(7-8-35-20)22-6-5-21(31-32-22)29-18-10-23(30-25-24(18)28-14-33(25)4)36-19-12-27-17(11-26)9-16(19)3/h5-6,9-10,12,14-15,20H,7-8,13H2,1-4H3,(H,29,30,31). The Hall–Kier alpha value is -4.30. The fourth-order valence-corrected chi connectivity index (χ4v) is 4.03. The van der Waals surface area contributed by atoms with E-state index >= 15 is 0 Å². The van der Waals surface area contributed by atoms with Gasteiger partial charge in [-0.25, -0.2) is 9.97 Å². The molecular weight excluding hydrogens is 458 g/mol. The maximum absolute atomic E-state index is 9.07. The molecule has 0 spiro atoms. The van der Waals surface area contributed by atoms with Gasteiger partial charge in [-0.15, -0.1) is 10.2 Å². The topological polar surface area (TPSA) is 127 Å². The Labute approximate surface area is 208 Å². The number of ether oxygens (including phenoxy) is 2. The van der Waals surface area contributed by atoms with Crippen LogP contribution < -0.4 is 15.0 Å². The first-order chi connectivity index (χ1) is 17.4. The van der Waals surface area contributed by atoms with Gasteiger partial charge in [0.1, 0.15) is 17.3 Å². The maximum Gasteiger partial charge on any atom is 0.223 e. The molecule has 0 aliphatic carbocycles. The van der Waals surface area contributed by atoms with Crippen molar-refractivity contribution < 1.29 is 9.47 Å². The van der Waals surface area contributed by atoms with Crippen molar-refractivity contribution in [2.75, 3.05) is 29.9 Å². The minimum Gasteiger partial charge on any atom is -0.437 e. The molecule has 1 unspecified atom stereocenters. The molecule has 0 amide bonds. The first-order valence-electron chi connectivity index (χ1n) is 11.7. The van der Waals surface area contributed by atoms with Crippen LogP contribution >= 0.6 is 0 Å². The van der Waals surface area contributed by atoms with E-state index in [1.165, 1.54) is 6.20 Å². The molecule has 36 heavy (non-hydrogen) atoms. The predicted molar refractivity (Wildman–Crippen MR) is 134 cm³/mol. The van der Waals surface area contributed by atoms with Crippen LogP contribution in [-0.2, 0) is 11.8 Å². The van der Waals surface area contributed by atoms with Gasteiger partial charge in [0.2, 0.25) is 5.88 Å². The van der Waals surface area contributed by atoms with Crippen molar-refractivity contribution in [1.29, 1.82) is 5.26 Å². The van der Waals surface area contributed by atoms with Crippen molar-refractivity contribution in [1.82, 2.24) is 29.7 Å². The van der Waals surface area contributed by atoms with Crippen LogP contribution in [0.25, 0.3) is 11.2 Å². The number of nitrogens with zero attached hydrogens (tertiary/aromatic N) is 8. The average Bonchev–Trinajstić information content (AvgIpc) is 3.26. The first-order valence-corrected chi connectivity index (χ1v) is 11.7. The number of anilines is 3. The zero-order valence-corrected chi connectivity index (χ0v) is 20.6. The van der Waals surface area contributed by atoms with Gasteiger partial charge in [0.25, 0.3) is 0 Å². The zero-order valence-electron chi connectivity index (χ0n) is 20.6. The molecule has 0 saturated carbocycles. The summed E-state index contributed by atoms with van der Waals surface area (Å²) in [6.07, 6.45) is 3.40. The molecule has 1 saturated heterocycles. The van der Waals surface area contributed by atoms with Gasteiger partial charge in [0.05, 0.1) is 30.9 Å². The van der Waals surface area contributed by atoms with Gasteiger partial charge >= 0.3 is 0 Å². The van der Waals surface area contributed by atoms with Gasteiger partial charge in [-0.3, -0.25) is 0 Å². The molecule has 4 aromatic rings. The molecule has 11 nitrogen and oxygen atoms in total. The van der Waals surface area contributed by atoms with Crippen LogP contribution in [0, 0.1) is 24.2 Å².